The molecule has 0 saturated heterocycles. The summed E-state index contributed by atoms with van der Waals surface area (Å²) in [7, 11) is 0. The molecular formula is C28H20FN5O4. The largest absolute Gasteiger partial charge is 0.497 e. The number of ether oxygens (including phenoxy) is 2. The van der Waals surface area contributed by atoms with Crippen molar-refractivity contribution in [2.45, 2.75) is 6.42 Å². The first-order valence-corrected chi connectivity index (χ1v) is 11.8. The van der Waals surface area contributed by atoms with Gasteiger partial charge < -0.3 is 14.5 Å². The lowest BCUT2D eigenvalue weighted by Gasteiger charge is -2.09. The molecule has 3 heterocycles. The molecule has 188 valence electrons. The van der Waals surface area contributed by atoms with Crippen molar-refractivity contribution in [3.8, 4) is 11.1 Å². The smallest absolute Gasteiger partial charge is 0.419 e. The number of aromatic nitrogens is 4. The van der Waals surface area contributed by atoms with E-state index in [1.807, 2.05) is 12.1 Å². The molecule has 0 unspecified atom stereocenters. The van der Waals surface area contributed by atoms with E-state index in [1.54, 1.807) is 48.5 Å². The molecule has 6 rings (SSSR count). The minimum absolute atomic E-state index is 0.198. The van der Waals surface area contributed by atoms with Crippen molar-refractivity contribution in [3.63, 3.8) is 0 Å². The lowest BCUT2D eigenvalue weighted by atomic mass is 9.98. The SMILES string of the molecule is O=C(Nc1nc2cc(-c3cc(Cc4n[nH]c(=O)c5ccccc45)ccc3F)ccc2[nH]1)OC1=CCOC=C1. The summed E-state index contributed by atoms with van der Waals surface area (Å²) in [6.07, 6.45) is 4.31. The molecule has 10 heteroatoms. The number of anilines is 1. The van der Waals surface area contributed by atoms with E-state index in [1.165, 1.54) is 18.4 Å². The molecule has 1 aliphatic rings. The van der Waals surface area contributed by atoms with Crippen LogP contribution in [-0.4, -0.2) is 32.9 Å². The fourth-order valence-corrected chi connectivity index (χ4v) is 4.31. The minimum atomic E-state index is -0.704. The monoisotopic (exact) mass is 509 g/mol. The minimum Gasteiger partial charge on any atom is -0.497 e. The van der Waals surface area contributed by atoms with Crippen molar-refractivity contribution in [2.24, 2.45) is 0 Å². The Morgan fingerprint density at radius 2 is 1.97 bits per heavy atom. The molecule has 3 aromatic carbocycles. The Balaban J connectivity index is 1.26. The number of hydrogen-bond donors (Lipinski definition) is 3. The molecule has 5 aromatic rings. The predicted octanol–water partition coefficient (Wildman–Crippen LogP) is 5.17. The Labute approximate surface area is 214 Å². The van der Waals surface area contributed by atoms with Gasteiger partial charge >= 0.3 is 6.09 Å². The third-order valence-electron chi connectivity index (χ3n) is 6.11. The number of halogens is 1. The van der Waals surface area contributed by atoms with Crippen LogP contribution in [0.25, 0.3) is 32.9 Å². The summed E-state index contributed by atoms with van der Waals surface area (Å²) in [6, 6.07) is 17.4. The predicted molar refractivity (Wildman–Crippen MR) is 140 cm³/mol. The van der Waals surface area contributed by atoms with E-state index in [0.29, 0.717) is 52.0 Å². The van der Waals surface area contributed by atoms with Gasteiger partial charge in [-0.25, -0.2) is 19.3 Å². The van der Waals surface area contributed by atoms with Gasteiger partial charge in [-0.1, -0.05) is 30.3 Å². The van der Waals surface area contributed by atoms with E-state index in [0.717, 1.165) is 10.9 Å². The molecule has 0 atom stereocenters. The summed E-state index contributed by atoms with van der Waals surface area (Å²) >= 11 is 0. The normalized spacial score (nSPS) is 12.8. The number of fused-ring (bicyclic) bond motifs is 2. The number of H-pyrrole nitrogens is 2. The number of aromatic amines is 2. The zero-order valence-corrected chi connectivity index (χ0v) is 19.8. The van der Waals surface area contributed by atoms with Crippen molar-refractivity contribution in [2.75, 3.05) is 11.9 Å². The number of carbonyl (C=O) groups is 1. The average Bonchev–Trinajstić information content (AvgIpc) is 3.33. The number of carbonyl (C=O) groups excluding carboxylic acids is 1. The van der Waals surface area contributed by atoms with Crippen molar-refractivity contribution < 1.29 is 18.7 Å². The van der Waals surface area contributed by atoms with Crippen LogP contribution in [0.2, 0.25) is 0 Å². The number of allylic oxidation sites excluding steroid dienone is 1. The van der Waals surface area contributed by atoms with Gasteiger partial charge in [0, 0.05) is 23.4 Å². The van der Waals surface area contributed by atoms with Gasteiger partial charge in [-0.15, -0.1) is 0 Å². The van der Waals surface area contributed by atoms with E-state index in [4.69, 9.17) is 9.47 Å². The zero-order chi connectivity index (χ0) is 26.1. The number of imidazole rings is 1. The summed E-state index contributed by atoms with van der Waals surface area (Å²) in [6.45, 7) is 0.322. The zero-order valence-electron chi connectivity index (χ0n) is 19.8. The summed E-state index contributed by atoms with van der Waals surface area (Å²) in [5.74, 6) is 0.180. The molecule has 0 bridgehead atoms. The molecule has 38 heavy (non-hydrogen) atoms. The van der Waals surface area contributed by atoms with Gasteiger partial charge in [-0.2, -0.15) is 5.10 Å². The summed E-state index contributed by atoms with van der Waals surface area (Å²) < 4.78 is 25.1. The van der Waals surface area contributed by atoms with Gasteiger partial charge in [-0.3, -0.25) is 10.1 Å². The first kappa shape index (κ1) is 23.2. The van der Waals surface area contributed by atoms with Crippen LogP contribution in [0.5, 0.6) is 0 Å². The second-order valence-corrected chi connectivity index (χ2v) is 8.61. The van der Waals surface area contributed by atoms with Crippen molar-refractivity contribution in [1.29, 1.82) is 0 Å². The maximum Gasteiger partial charge on any atom is 0.419 e. The molecule has 1 amide bonds. The first-order chi connectivity index (χ1) is 18.5. The Kier molecular flexibility index (Phi) is 5.89. The highest BCUT2D eigenvalue weighted by atomic mass is 19.1. The van der Waals surface area contributed by atoms with Gasteiger partial charge in [0.05, 0.1) is 28.4 Å². The van der Waals surface area contributed by atoms with Crippen LogP contribution in [0.4, 0.5) is 15.1 Å². The van der Waals surface area contributed by atoms with Crippen LogP contribution in [0.15, 0.2) is 89.6 Å². The Morgan fingerprint density at radius 3 is 2.82 bits per heavy atom. The van der Waals surface area contributed by atoms with Gasteiger partial charge in [-0.05, 0) is 47.5 Å². The van der Waals surface area contributed by atoms with E-state index in [9.17, 15) is 14.0 Å². The lowest BCUT2D eigenvalue weighted by molar-refractivity contribution is 0.190. The Morgan fingerprint density at radius 1 is 1.11 bits per heavy atom. The van der Waals surface area contributed by atoms with Crippen LogP contribution in [-0.2, 0) is 15.9 Å². The number of benzene rings is 3. The quantitative estimate of drug-likeness (QED) is 0.300. The summed E-state index contributed by atoms with van der Waals surface area (Å²) in [5, 5.41) is 10.6. The number of nitrogens with one attached hydrogen (secondary N) is 3. The summed E-state index contributed by atoms with van der Waals surface area (Å²) in [4.78, 5) is 31.7. The second-order valence-electron chi connectivity index (χ2n) is 8.61. The molecule has 0 aliphatic carbocycles. The first-order valence-electron chi connectivity index (χ1n) is 11.8. The molecule has 3 N–H and O–H groups in total. The topological polar surface area (TPSA) is 122 Å². The number of rotatable bonds is 5. The third-order valence-corrected chi connectivity index (χ3v) is 6.11. The maximum absolute atomic E-state index is 14.9. The molecule has 2 aromatic heterocycles. The number of hydrogen-bond acceptors (Lipinski definition) is 6. The summed E-state index contributed by atoms with van der Waals surface area (Å²) in [5.41, 5.74) is 3.49. The molecular weight excluding hydrogens is 489 g/mol. The molecule has 0 fully saturated rings. The fraction of sp³-hybridized carbons (Fsp3) is 0.0714. The van der Waals surface area contributed by atoms with E-state index < -0.39 is 6.09 Å². The van der Waals surface area contributed by atoms with Crippen LogP contribution < -0.4 is 10.9 Å². The second kappa shape index (κ2) is 9.66. The van der Waals surface area contributed by atoms with E-state index >= 15 is 0 Å². The maximum atomic E-state index is 14.9. The number of nitrogens with zero attached hydrogens (tertiary/aromatic N) is 2. The molecule has 0 radical (unpaired) electrons. The van der Waals surface area contributed by atoms with Gasteiger partial charge in [0.1, 0.15) is 18.2 Å². The van der Waals surface area contributed by atoms with Gasteiger partial charge in [0.15, 0.2) is 0 Å². The van der Waals surface area contributed by atoms with Crippen LogP contribution in [0.1, 0.15) is 11.3 Å². The molecule has 1 aliphatic heterocycles. The highest BCUT2D eigenvalue weighted by molar-refractivity contribution is 5.89. The lowest BCUT2D eigenvalue weighted by Crippen LogP contribution is -2.14. The number of amides is 1. The molecule has 0 spiro atoms. The van der Waals surface area contributed by atoms with Gasteiger partial charge in [0.2, 0.25) is 5.95 Å². The van der Waals surface area contributed by atoms with Crippen LogP contribution in [0.3, 0.4) is 0 Å². The van der Waals surface area contributed by atoms with Crippen molar-refractivity contribution in [3.05, 3.63) is 112 Å². The van der Waals surface area contributed by atoms with Crippen LogP contribution >= 0.6 is 0 Å². The van der Waals surface area contributed by atoms with Gasteiger partial charge in [0.25, 0.3) is 5.56 Å². The molecule has 0 saturated carbocycles. The van der Waals surface area contributed by atoms with Crippen molar-refractivity contribution >= 4 is 33.8 Å². The third kappa shape index (κ3) is 4.62. The van der Waals surface area contributed by atoms with Crippen molar-refractivity contribution in [1.82, 2.24) is 20.2 Å². The Bertz CT molecular complexity index is 1820. The van der Waals surface area contributed by atoms with Crippen LogP contribution in [0, 0.1) is 5.82 Å². The standard InChI is InChI=1S/C28H20FN5O4/c29-22-7-5-16(14-24-19-3-1-2-4-20(19)26(35)34-33-24)13-21(22)17-6-8-23-25(15-17)31-27(30-23)32-28(36)38-18-9-11-37-12-10-18/h1-11,13,15H,12,14H2,(H,34,35)(H2,30,31,32,36). The average molecular weight is 509 g/mol. The fourth-order valence-electron chi connectivity index (χ4n) is 4.31. The highest BCUT2D eigenvalue weighted by Crippen LogP contribution is 2.29. The highest BCUT2D eigenvalue weighted by Gasteiger charge is 2.14. The molecule has 9 nitrogen and oxygen atoms in total. The van der Waals surface area contributed by atoms with E-state index in [2.05, 4.69) is 25.5 Å². The Hall–Kier alpha value is -5.25. The van der Waals surface area contributed by atoms with E-state index in [-0.39, 0.29) is 17.3 Å².